The fraction of sp³-hybridized carbons (Fsp3) is 0.192. The summed E-state index contributed by atoms with van der Waals surface area (Å²) < 4.78 is 17.0. The molecule has 0 saturated heterocycles. The highest BCUT2D eigenvalue weighted by atomic mass is 31.2. The van der Waals surface area contributed by atoms with Crippen molar-refractivity contribution in [2.45, 2.75) is 24.9 Å². The summed E-state index contributed by atoms with van der Waals surface area (Å²) in [6, 6.07) is 30.1. The molecular weight excluding hydrogens is 401 g/mol. The number of benzene rings is 3. The van der Waals surface area contributed by atoms with Gasteiger partial charge in [-0.1, -0.05) is 78.9 Å². The first-order valence-electron chi connectivity index (χ1n) is 10.8. The van der Waals surface area contributed by atoms with Crippen LogP contribution in [0.4, 0.5) is 11.5 Å². The third-order valence-corrected chi connectivity index (χ3v) is 9.66. The molecule has 5 rings (SSSR count). The van der Waals surface area contributed by atoms with Crippen LogP contribution in [0, 0.1) is 0 Å². The van der Waals surface area contributed by atoms with Crippen LogP contribution in [0.2, 0.25) is 0 Å². The molecule has 0 fully saturated rings. The standard InChI is InChI=1S/C26H26N3OP/c1-29-26(27-20-12-5-2-6-13-20)25-23(28-29)18-11-19-24(25)31(30,21-14-7-3-8-15-21)22-16-9-4-10-17-22/h2-10,12-17,24,27H,11,18-19H2,1H3. The molecule has 1 aliphatic rings. The third kappa shape index (κ3) is 3.51. The van der Waals surface area contributed by atoms with Gasteiger partial charge in [-0.3, -0.25) is 4.68 Å². The number of hydrogen-bond acceptors (Lipinski definition) is 3. The maximum absolute atomic E-state index is 15.1. The highest BCUT2D eigenvalue weighted by Crippen LogP contribution is 2.62. The fourth-order valence-electron chi connectivity index (χ4n) is 4.72. The van der Waals surface area contributed by atoms with E-state index in [0.717, 1.165) is 52.6 Å². The van der Waals surface area contributed by atoms with E-state index in [9.17, 15) is 0 Å². The SMILES string of the molecule is Cn1nc2c(c1Nc1ccccc1)C(P(=O)(c1ccccc1)c1ccccc1)CCC2. The summed E-state index contributed by atoms with van der Waals surface area (Å²) in [5.41, 5.74) is 3.06. The topological polar surface area (TPSA) is 46.9 Å². The molecule has 4 nitrogen and oxygen atoms in total. The fourth-order valence-corrected chi connectivity index (χ4v) is 8.14. The number of para-hydroxylation sites is 1. The number of anilines is 2. The van der Waals surface area contributed by atoms with E-state index < -0.39 is 7.14 Å². The van der Waals surface area contributed by atoms with E-state index >= 15 is 4.57 Å². The molecule has 0 saturated carbocycles. The van der Waals surface area contributed by atoms with E-state index in [1.54, 1.807) is 0 Å². The van der Waals surface area contributed by atoms with E-state index in [-0.39, 0.29) is 5.66 Å². The van der Waals surface area contributed by atoms with Gasteiger partial charge in [-0.25, -0.2) is 0 Å². The molecule has 0 aliphatic heterocycles. The first kappa shape index (κ1) is 19.8. The predicted octanol–water partition coefficient (Wildman–Crippen LogP) is 5.56. The van der Waals surface area contributed by atoms with E-state index in [0.29, 0.717) is 0 Å². The number of fused-ring (bicyclic) bond motifs is 1. The van der Waals surface area contributed by atoms with Crippen LogP contribution in [-0.2, 0) is 18.0 Å². The first-order chi connectivity index (χ1) is 15.2. The lowest BCUT2D eigenvalue weighted by Gasteiger charge is -2.32. The summed E-state index contributed by atoms with van der Waals surface area (Å²) in [5.74, 6) is 0.943. The third-order valence-electron chi connectivity index (χ3n) is 6.14. The minimum Gasteiger partial charge on any atom is -0.340 e. The van der Waals surface area contributed by atoms with Gasteiger partial charge < -0.3 is 9.88 Å². The minimum atomic E-state index is -2.94. The van der Waals surface area contributed by atoms with Crippen LogP contribution in [0.5, 0.6) is 0 Å². The average molecular weight is 427 g/mol. The summed E-state index contributed by atoms with van der Waals surface area (Å²) in [6.45, 7) is 0. The summed E-state index contributed by atoms with van der Waals surface area (Å²) in [6.07, 6.45) is 2.78. The molecule has 3 aromatic carbocycles. The molecule has 5 heteroatoms. The van der Waals surface area contributed by atoms with Crippen molar-refractivity contribution in [1.29, 1.82) is 0 Å². The van der Waals surface area contributed by atoms with Crippen molar-refractivity contribution in [3.8, 4) is 0 Å². The van der Waals surface area contributed by atoms with Crippen LogP contribution in [0.25, 0.3) is 0 Å². The van der Waals surface area contributed by atoms with Crippen LogP contribution in [0.1, 0.15) is 29.8 Å². The number of hydrogen-bond donors (Lipinski definition) is 1. The lowest BCUT2D eigenvalue weighted by atomic mass is 9.96. The molecule has 1 unspecified atom stereocenters. The lowest BCUT2D eigenvalue weighted by molar-refractivity contribution is 0.562. The van der Waals surface area contributed by atoms with Crippen LogP contribution in [-0.4, -0.2) is 9.78 Å². The Morgan fingerprint density at radius 2 is 1.42 bits per heavy atom. The molecule has 0 spiro atoms. The van der Waals surface area contributed by atoms with Gasteiger partial charge in [-0.2, -0.15) is 5.10 Å². The van der Waals surface area contributed by atoms with Gasteiger partial charge in [0.05, 0.1) is 11.4 Å². The Morgan fingerprint density at radius 3 is 2.00 bits per heavy atom. The molecule has 0 radical (unpaired) electrons. The molecule has 1 heterocycles. The maximum Gasteiger partial charge on any atom is 0.150 e. The Morgan fingerprint density at radius 1 is 0.871 bits per heavy atom. The van der Waals surface area contributed by atoms with Gasteiger partial charge in [0.1, 0.15) is 5.82 Å². The second-order valence-electron chi connectivity index (χ2n) is 8.06. The molecule has 0 bridgehead atoms. The highest BCUT2D eigenvalue weighted by Gasteiger charge is 2.42. The molecule has 1 N–H and O–H groups in total. The van der Waals surface area contributed by atoms with Crippen molar-refractivity contribution in [3.63, 3.8) is 0 Å². The molecule has 31 heavy (non-hydrogen) atoms. The van der Waals surface area contributed by atoms with E-state index in [2.05, 4.69) is 5.32 Å². The predicted molar refractivity (Wildman–Crippen MR) is 128 cm³/mol. The second kappa shape index (κ2) is 8.20. The first-order valence-corrected chi connectivity index (χ1v) is 12.5. The summed E-state index contributed by atoms with van der Waals surface area (Å²) in [7, 11) is -0.975. The smallest absolute Gasteiger partial charge is 0.150 e. The van der Waals surface area contributed by atoms with E-state index in [1.165, 1.54) is 0 Å². The number of nitrogens with one attached hydrogen (secondary N) is 1. The molecule has 156 valence electrons. The number of aromatic nitrogens is 2. The molecule has 4 aromatic rings. The monoisotopic (exact) mass is 427 g/mol. The molecule has 0 amide bonds. The largest absolute Gasteiger partial charge is 0.340 e. The van der Waals surface area contributed by atoms with Gasteiger partial charge in [0.15, 0.2) is 7.14 Å². The minimum absolute atomic E-state index is 0.110. The van der Waals surface area contributed by atoms with Crippen molar-refractivity contribution in [2.24, 2.45) is 7.05 Å². The van der Waals surface area contributed by atoms with Crippen molar-refractivity contribution < 1.29 is 4.57 Å². The molecule has 1 aliphatic carbocycles. The molecule has 1 atom stereocenters. The van der Waals surface area contributed by atoms with Gasteiger partial charge in [0.2, 0.25) is 0 Å². The van der Waals surface area contributed by atoms with Crippen LogP contribution < -0.4 is 15.9 Å². The Labute approximate surface area is 183 Å². The van der Waals surface area contributed by atoms with Gasteiger partial charge >= 0.3 is 0 Å². The highest BCUT2D eigenvalue weighted by molar-refractivity contribution is 7.79. The summed E-state index contributed by atoms with van der Waals surface area (Å²) >= 11 is 0. The Kier molecular flexibility index (Phi) is 5.25. The summed E-state index contributed by atoms with van der Waals surface area (Å²) in [5, 5.41) is 10.2. The average Bonchev–Trinajstić information content (AvgIpc) is 3.15. The quantitative estimate of drug-likeness (QED) is 0.425. The van der Waals surface area contributed by atoms with Gasteiger partial charge in [-0.05, 0) is 31.4 Å². The normalized spacial score (nSPS) is 16.0. The van der Waals surface area contributed by atoms with Gasteiger partial charge in [-0.15, -0.1) is 0 Å². The lowest BCUT2D eigenvalue weighted by Crippen LogP contribution is -2.24. The molecule has 1 aromatic heterocycles. The zero-order chi connectivity index (χ0) is 21.3. The Bertz CT molecular complexity index is 1180. The van der Waals surface area contributed by atoms with Gasteiger partial charge in [0.25, 0.3) is 0 Å². The number of nitrogens with zero attached hydrogens (tertiary/aromatic N) is 2. The van der Waals surface area contributed by atoms with Crippen molar-refractivity contribution in [3.05, 3.63) is 102 Å². The number of rotatable bonds is 5. The maximum atomic E-state index is 15.1. The zero-order valence-electron chi connectivity index (χ0n) is 17.6. The summed E-state index contributed by atoms with van der Waals surface area (Å²) in [4.78, 5) is 0. The van der Waals surface area contributed by atoms with E-state index in [1.807, 2.05) is 103 Å². The molecular formula is C26H26N3OP. The van der Waals surface area contributed by atoms with Crippen molar-refractivity contribution in [2.75, 3.05) is 5.32 Å². The van der Waals surface area contributed by atoms with Crippen LogP contribution >= 0.6 is 7.14 Å². The van der Waals surface area contributed by atoms with Crippen molar-refractivity contribution >= 4 is 29.3 Å². The van der Waals surface area contributed by atoms with Crippen molar-refractivity contribution in [1.82, 2.24) is 9.78 Å². The van der Waals surface area contributed by atoms with Crippen LogP contribution in [0.3, 0.4) is 0 Å². The zero-order valence-corrected chi connectivity index (χ0v) is 18.5. The Balaban J connectivity index is 1.70. The Hall–Kier alpha value is -3.10. The van der Waals surface area contributed by atoms with Crippen LogP contribution in [0.15, 0.2) is 91.0 Å². The van der Waals surface area contributed by atoms with Gasteiger partial charge in [0, 0.05) is 28.9 Å². The number of aryl methyl sites for hydroxylation is 2. The van der Waals surface area contributed by atoms with E-state index in [4.69, 9.17) is 5.10 Å². The second-order valence-corrected chi connectivity index (χ2v) is 11.0.